The molecule has 0 saturated carbocycles. The third-order valence-corrected chi connectivity index (χ3v) is 3.62. The average molecular weight is 324 g/mol. The maximum atomic E-state index is 12.3. The Labute approximate surface area is 120 Å². The molecule has 3 heteroatoms. The Hall–Kier alpha value is -1.12. The summed E-state index contributed by atoms with van der Waals surface area (Å²) in [6, 6.07) is 12.9. The molecule has 0 amide bonds. The summed E-state index contributed by atoms with van der Waals surface area (Å²) >= 11 is 9.41. The Kier molecular flexibility index (Phi) is 4.20. The van der Waals surface area contributed by atoms with Crippen molar-refractivity contribution in [2.45, 2.75) is 13.3 Å². The lowest BCUT2D eigenvalue weighted by atomic mass is 10.0. The average Bonchev–Trinajstić information content (AvgIpc) is 2.41. The molecule has 1 nitrogen and oxygen atoms in total. The zero-order chi connectivity index (χ0) is 13.1. The highest BCUT2D eigenvalue weighted by Gasteiger charge is 2.13. The summed E-state index contributed by atoms with van der Waals surface area (Å²) in [5.41, 5.74) is 2.40. The van der Waals surface area contributed by atoms with Gasteiger partial charge < -0.3 is 0 Å². The molecule has 0 atom stereocenters. The van der Waals surface area contributed by atoms with Crippen molar-refractivity contribution in [2.24, 2.45) is 0 Å². The number of carbonyl (C=O) groups excluding carboxylic acids is 1. The van der Waals surface area contributed by atoms with Gasteiger partial charge in [-0.1, -0.05) is 58.7 Å². The number of rotatable bonds is 3. The molecule has 0 aliphatic carbocycles. The number of halogens is 2. The van der Waals surface area contributed by atoms with Crippen molar-refractivity contribution < 1.29 is 4.79 Å². The molecule has 0 radical (unpaired) electrons. The zero-order valence-electron chi connectivity index (χ0n) is 9.91. The minimum atomic E-state index is -0.0519. The highest BCUT2D eigenvalue weighted by molar-refractivity contribution is 9.10. The summed E-state index contributed by atoms with van der Waals surface area (Å²) in [4.78, 5) is 12.3. The summed E-state index contributed by atoms with van der Waals surface area (Å²) in [6.45, 7) is 2.09. The molecule has 92 valence electrons. The first kappa shape index (κ1) is 13.3. The van der Waals surface area contributed by atoms with Crippen LogP contribution in [0.2, 0.25) is 5.02 Å². The molecule has 0 heterocycles. The SMILES string of the molecule is CCc1ccc(C(=O)c2cc(Br)ccc2Cl)cc1. The van der Waals surface area contributed by atoms with Gasteiger partial charge in [-0.2, -0.15) is 0 Å². The molecule has 0 unspecified atom stereocenters. The lowest BCUT2D eigenvalue weighted by molar-refractivity contribution is 0.103. The lowest BCUT2D eigenvalue weighted by Crippen LogP contribution is -2.02. The van der Waals surface area contributed by atoms with Crippen molar-refractivity contribution in [1.82, 2.24) is 0 Å². The van der Waals surface area contributed by atoms with Gasteiger partial charge in [0.25, 0.3) is 0 Å². The third-order valence-electron chi connectivity index (χ3n) is 2.80. The normalized spacial score (nSPS) is 10.4. The van der Waals surface area contributed by atoms with E-state index in [2.05, 4.69) is 22.9 Å². The Morgan fingerprint density at radius 2 is 1.83 bits per heavy atom. The van der Waals surface area contributed by atoms with E-state index >= 15 is 0 Å². The molecule has 2 rings (SSSR count). The largest absolute Gasteiger partial charge is 0.289 e. The number of ketones is 1. The van der Waals surface area contributed by atoms with Crippen molar-refractivity contribution in [3.8, 4) is 0 Å². The van der Waals surface area contributed by atoms with Gasteiger partial charge in [0.1, 0.15) is 0 Å². The Balaban J connectivity index is 2.38. The van der Waals surface area contributed by atoms with E-state index in [0.29, 0.717) is 16.1 Å². The van der Waals surface area contributed by atoms with Crippen molar-refractivity contribution in [2.75, 3.05) is 0 Å². The summed E-state index contributed by atoms with van der Waals surface area (Å²) in [5, 5.41) is 0.475. The number of hydrogen-bond acceptors (Lipinski definition) is 1. The molecule has 0 N–H and O–H groups in total. The lowest BCUT2D eigenvalue weighted by Gasteiger charge is -2.05. The fraction of sp³-hybridized carbons (Fsp3) is 0.133. The van der Waals surface area contributed by atoms with Crippen molar-refractivity contribution >= 4 is 33.3 Å². The fourth-order valence-electron chi connectivity index (χ4n) is 1.72. The summed E-state index contributed by atoms with van der Waals surface area (Å²) < 4.78 is 0.848. The maximum absolute atomic E-state index is 12.3. The molecule has 0 fully saturated rings. The quantitative estimate of drug-likeness (QED) is 0.735. The topological polar surface area (TPSA) is 17.1 Å². The molecule has 0 aromatic heterocycles. The second-order valence-corrected chi connectivity index (χ2v) is 5.33. The van der Waals surface area contributed by atoms with Crippen LogP contribution in [0.15, 0.2) is 46.9 Å². The molecule has 0 bridgehead atoms. The first-order valence-corrected chi connectivity index (χ1v) is 6.87. The molecule has 0 spiro atoms. The van der Waals surface area contributed by atoms with E-state index < -0.39 is 0 Å². The molecule has 0 saturated heterocycles. The van der Waals surface area contributed by atoms with E-state index in [1.807, 2.05) is 30.3 Å². The predicted octanol–water partition coefficient (Wildman–Crippen LogP) is 4.90. The summed E-state index contributed by atoms with van der Waals surface area (Å²) in [5.74, 6) is -0.0519. The Bertz CT molecular complexity index is 576. The van der Waals surface area contributed by atoms with Gasteiger partial charge >= 0.3 is 0 Å². The monoisotopic (exact) mass is 322 g/mol. The van der Waals surface area contributed by atoms with E-state index in [1.54, 1.807) is 12.1 Å². The molecular weight excluding hydrogens is 312 g/mol. The van der Waals surface area contributed by atoms with E-state index in [0.717, 1.165) is 10.9 Å². The van der Waals surface area contributed by atoms with Crippen LogP contribution in [0.1, 0.15) is 28.4 Å². The first-order chi connectivity index (χ1) is 8.61. The number of aryl methyl sites for hydroxylation is 1. The number of hydrogen-bond donors (Lipinski definition) is 0. The zero-order valence-corrected chi connectivity index (χ0v) is 12.3. The van der Waals surface area contributed by atoms with Gasteiger partial charge in [-0.25, -0.2) is 0 Å². The highest BCUT2D eigenvalue weighted by atomic mass is 79.9. The number of benzene rings is 2. The van der Waals surface area contributed by atoms with Crippen LogP contribution < -0.4 is 0 Å². The van der Waals surface area contributed by atoms with Gasteiger partial charge in [-0.05, 0) is 30.2 Å². The van der Waals surface area contributed by atoms with Gasteiger partial charge in [-0.3, -0.25) is 4.79 Å². The van der Waals surface area contributed by atoms with Gasteiger partial charge in [0.05, 0.1) is 5.02 Å². The third kappa shape index (κ3) is 2.82. The van der Waals surface area contributed by atoms with Crippen LogP contribution in [0.4, 0.5) is 0 Å². The van der Waals surface area contributed by atoms with Crippen LogP contribution in [0.25, 0.3) is 0 Å². The smallest absolute Gasteiger partial charge is 0.194 e. The summed E-state index contributed by atoms with van der Waals surface area (Å²) in [6.07, 6.45) is 0.964. The molecule has 2 aromatic rings. The first-order valence-electron chi connectivity index (χ1n) is 5.70. The van der Waals surface area contributed by atoms with Gasteiger partial charge in [0.15, 0.2) is 5.78 Å². The van der Waals surface area contributed by atoms with E-state index in [9.17, 15) is 4.79 Å². The standard InChI is InChI=1S/C15H12BrClO/c1-2-10-3-5-11(6-4-10)15(18)13-9-12(16)7-8-14(13)17/h3-9H,2H2,1H3. The minimum absolute atomic E-state index is 0.0519. The Morgan fingerprint density at radius 1 is 1.17 bits per heavy atom. The minimum Gasteiger partial charge on any atom is -0.289 e. The summed E-state index contributed by atoms with van der Waals surface area (Å²) in [7, 11) is 0. The number of carbonyl (C=O) groups is 1. The van der Waals surface area contributed by atoms with Gasteiger partial charge in [0.2, 0.25) is 0 Å². The second-order valence-electron chi connectivity index (χ2n) is 4.00. The van der Waals surface area contributed by atoms with Gasteiger partial charge in [-0.15, -0.1) is 0 Å². The van der Waals surface area contributed by atoms with E-state index in [1.165, 1.54) is 5.56 Å². The van der Waals surface area contributed by atoms with Crippen LogP contribution in [0.3, 0.4) is 0 Å². The van der Waals surface area contributed by atoms with Crippen molar-refractivity contribution in [1.29, 1.82) is 0 Å². The van der Waals surface area contributed by atoms with Crippen LogP contribution in [0, 0.1) is 0 Å². The van der Waals surface area contributed by atoms with Crippen LogP contribution >= 0.6 is 27.5 Å². The van der Waals surface area contributed by atoms with E-state index in [4.69, 9.17) is 11.6 Å². The van der Waals surface area contributed by atoms with Gasteiger partial charge in [0, 0.05) is 15.6 Å². The maximum Gasteiger partial charge on any atom is 0.194 e. The molecule has 0 aliphatic rings. The van der Waals surface area contributed by atoms with Crippen LogP contribution in [-0.2, 0) is 6.42 Å². The molecule has 2 aromatic carbocycles. The fourth-order valence-corrected chi connectivity index (χ4v) is 2.28. The van der Waals surface area contributed by atoms with Crippen LogP contribution in [-0.4, -0.2) is 5.78 Å². The molecule has 0 aliphatic heterocycles. The van der Waals surface area contributed by atoms with Crippen molar-refractivity contribution in [3.63, 3.8) is 0 Å². The van der Waals surface area contributed by atoms with E-state index in [-0.39, 0.29) is 5.78 Å². The molecular formula is C15H12BrClO. The van der Waals surface area contributed by atoms with Crippen molar-refractivity contribution in [3.05, 3.63) is 68.7 Å². The predicted molar refractivity (Wildman–Crippen MR) is 78.4 cm³/mol. The van der Waals surface area contributed by atoms with Crippen LogP contribution in [0.5, 0.6) is 0 Å². The second kappa shape index (κ2) is 5.68. The highest BCUT2D eigenvalue weighted by Crippen LogP contribution is 2.23. The Morgan fingerprint density at radius 3 is 2.44 bits per heavy atom. The molecule has 18 heavy (non-hydrogen) atoms.